The molecule has 37 heavy (non-hydrogen) atoms. The van der Waals surface area contributed by atoms with Crippen molar-refractivity contribution in [3.05, 3.63) is 101 Å². The molecule has 5 rings (SSSR count). The molecule has 1 aliphatic heterocycles. The molecule has 0 aliphatic carbocycles. The monoisotopic (exact) mass is 498 g/mol. The number of nitrogens with zero attached hydrogens (tertiary/aromatic N) is 1. The van der Waals surface area contributed by atoms with Crippen LogP contribution in [0.5, 0.6) is 5.75 Å². The fraction of sp³-hybridized carbons (Fsp3) is 0.241. The van der Waals surface area contributed by atoms with E-state index in [1.807, 2.05) is 36.4 Å². The maximum atomic E-state index is 13.6. The average molecular weight is 499 g/mol. The van der Waals surface area contributed by atoms with Crippen LogP contribution in [0, 0.1) is 0 Å². The van der Waals surface area contributed by atoms with E-state index in [1.165, 1.54) is 5.56 Å². The number of rotatable bonds is 7. The van der Waals surface area contributed by atoms with Crippen LogP contribution < -0.4 is 15.5 Å². The Bertz CT molecular complexity index is 1410. The Balaban J connectivity index is 1.40. The first-order chi connectivity index (χ1) is 18.0. The lowest BCUT2D eigenvalue weighted by Crippen LogP contribution is -2.51. The molecule has 2 atom stereocenters. The van der Waals surface area contributed by atoms with Crippen molar-refractivity contribution in [1.29, 1.82) is 0 Å². The topological polar surface area (TPSA) is 107 Å². The fourth-order valence-electron chi connectivity index (χ4n) is 5.12. The van der Waals surface area contributed by atoms with E-state index in [4.69, 9.17) is 9.94 Å². The summed E-state index contributed by atoms with van der Waals surface area (Å²) < 4.78 is 5.30. The van der Waals surface area contributed by atoms with Crippen LogP contribution in [0.4, 0.5) is 0 Å². The number of para-hydroxylation sites is 1. The lowest BCUT2D eigenvalue weighted by Gasteiger charge is -2.39. The van der Waals surface area contributed by atoms with Crippen LogP contribution in [0.25, 0.3) is 10.9 Å². The number of nitrogens with one attached hydrogen (secondary N) is 3. The third-order valence-corrected chi connectivity index (χ3v) is 7.17. The molecule has 0 spiro atoms. The number of hydrogen-bond acceptors (Lipinski definition) is 5. The average Bonchev–Trinajstić information content (AvgIpc) is 3.32. The van der Waals surface area contributed by atoms with Crippen molar-refractivity contribution >= 4 is 22.7 Å². The second-order valence-electron chi connectivity index (χ2n) is 9.33. The van der Waals surface area contributed by atoms with Crippen LogP contribution in [0.3, 0.4) is 0 Å². The Morgan fingerprint density at radius 2 is 1.73 bits per heavy atom. The van der Waals surface area contributed by atoms with E-state index in [9.17, 15) is 9.59 Å². The van der Waals surface area contributed by atoms with Gasteiger partial charge in [0.25, 0.3) is 5.91 Å². The summed E-state index contributed by atoms with van der Waals surface area (Å²) >= 11 is 0. The number of hydroxylamine groups is 1. The number of benzene rings is 3. The molecule has 0 saturated carbocycles. The molecule has 2 heterocycles. The molecule has 4 N–H and O–H groups in total. The highest BCUT2D eigenvalue weighted by atomic mass is 16.5. The van der Waals surface area contributed by atoms with E-state index >= 15 is 0 Å². The van der Waals surface area contributed by atoms with Crippen molar-refractivity contribution in [1.82, 2.24) is 20.7 Å². The zero-order valence-corrected chi connectivity index (χ0v) is 20.8. The minimum Gasteiger partial charge on any atom is -0.497 e. The Morgan fingerprint density at radius 1 is 1.03 bits per heavy atom. The lowest BCUT2D eigenvalue weighted by molar-refractivity contribution is -0.128. The van der Waals surface area contributed by atoms with Gasteiger partial charge in [0.05, 0.1) is 13.2 Å². The van der Waals surface area contributed by atoms with Gasteiger partial charge in [-0.2, -0.15) is 0 Å². The number of aromatic nitrogens is 1. The molecule has 1 aliphatic rings. The fourth-order valence-corrected chi connectivity index (χ4v) is 5.12. The molecule has 190 valence electrons. The normalized spacial score (nSPS) is 17.3. The number of fused-ring (bicyclic) bond motifs is 3. The Hall–Kier alpha value is -4.14. The number of hydrogen-bond donors (Lipinski definition) is 4. The minimum absolute atomic E-state index is 0.00489. The summed E-state index contributed by atoms with van der Waals surface area (Å²) in [6.45, 7) is 3.09. The van der Waals surface area contributed by atoms with Crippen LogP contribution in [0.15, 0.2) is 72.8 Å². The van der Waals surface area contributed by atoms with Crippen LogP contribution in [0.2, 0.25) is 0 Å². The number of amides is 2. The van der Waals surface area contributed by atoms with E-state index < -0.39 is 5.91 Å². The summed E-state index contributed by atoms with van der Waals surface area (Å²) in [5.41, 5.74) is 7.35. The zero-order chi connectivity index (χ0) is 25.9. The van der Waals surface area contributed by atoms with Gasteiger partial charge in [-0.1, -0.05) is 42.5 Å². The Morgan fingerprint density at radius 3 is 2.43 bits per heavy atom. The van der Waals surface area contributed by atoms with Gasteiger partial charge in [0, 0.05) is 41.3 Å². The summed E-state index contributed by atoms with van der Waals surface area (Å²) in [6.07, 6.45) is 0.598. The van der Waals surface area contributed by atoms with Crippen molar-refractivity contribution in [2.45, 2.75) is 38.5 Å². The molecule has 4 aromatic rings. The first-order valence-electron chi connectivity index (χ1n) is 12.3. The van der Waals surface area contributed by atoms with E-state index in [1.54, 1.807) is 36.9 Å². The van der Waals surface area contributed by atoms with Crippen molar-refractivity contribution in [3.63, 3.8) is 0 Å². The lowest BCUT2D eigenvalue weighted by atomic mass is 9.91. The predicted octanol–water partition coefficient (Wildman–Crippen LogP) is 4.10. The standard InChI is InChI=1S/C29H30N4O4/c1-18-27-24(23-5-3-4-6-25(23)31-27)15-26(33(18)17-20-9-13-22(37-2)14-10-20)29(35)30-16-19-7-11-21(12-8-19)28(34)32-36/h3-14,18,26,31,36H,15-17H2,1-2H3,(H,30,35)(H,32,34)/t18-,26+/m0/s1. The largest absolute Gasteiger partial charge is 0.497 e. The molecule has 8 nitrogen and oxygen atoms in total. The van der Waals surface area contributed by atoms with Gasteiger partial charge in [0.1, 0.15) is 5.75 Å². The van der Waals surface area contributed by atoms with E-state index in [0.29, 0.717) is 25.1 Å². The first kappa shape index (κ1) is 24.5. The maximum Gasteiger partial charge on any atom is 0.274 e. The van der Waals surface area contributed by atoms with Crippen molar-refractivity contribution < 1.29 is 19.5 Å². The van der Waals surface area contributed by atoms with E-state index in [-0.39, 0.29) is 18.0 Å². The number of methoxy groups -OCH3 is 1. The Labute approximate surface area is 215 Å². The summed E-state index contributed by atoms with van der Waals surface area (Å²) in [4.78, 5) is 31.0. The number of ether oxygens (including phenoxy) is 1. The molecule has 8 heteroatoms. The minimum atomic E-state index is -0.574. The number of carbonyl (C=O) groups excluding carboxylic acids is 2. The smallest absolute Gasteiger partial charge is 0.274 e. The van der Waals surface area contributed by atoms with Crippen molar-refractivity contribution in [3.8, 4) is 5.75 Å². The zero-order valence-electron chi connectivity index (χ0n) is 20.8. The summed E-state index contributed by atoms with van der Waals surface area (Å²) in [6, 6.07) is 22.6. The van der Waals surface area contributed by atoms with E-state index in [0.717, 1.165) is 33.5 Å². The van der Waals surface area contributed by atoms with Gasteiger partial charge >= 0.3 is 0 Å². The second kappa shape index (κ2) is 10.5. The third kappa shape index (κ3) is 4.94. The first-order valence-corrected chi connectivity index (χ1v) is 12.3. The van der Waals surface area contributed by atoms with Gasteiger partial charge in [-0.15, -0.1) is 0 Å². The van der Waals surface area contributed by atoms with Crippen molar-refractivity contribution in [2.75, 3.05) is 7.11 Å². The summed E-state index contributed by atoms with van der Waals surface area (Å²) in [5, 5.41) is 13.1. The Kier molecular flexibility index (Phi) is 6.94. The van der Waals surface area contributed by atoms with E-state index in [2.05, 4.69) is 34.3 Å². The van der Waals surface area contributed by atoms with Gasteiger partial charge < -0.3 is 15.0 Å². The highest BCUT2D eigenvalue weighted by molar-refractivity contribution is 5.93. The molecule has 0 unspecified atom stereocenters. The molecule has 3 aromatic carbocycles. The van der Waals surface area contributed by atoms with Crippen LogP contribution >= 0.6 is 0 Å². The molecule has 0 radical (unpaired) electrons. The maximum absolute atomic E-state index is 13.6. The van der Waals surface area contributed by atoms with Crippen LogP contribution in [-0.2, 0) is 24.3 Å². The quantitative estimate of drug-likeness (QED) is 0.227. The molecule has 0 fully saturated rings. The molecule has 0 saturated heterocycles. The van der Waals surface area contributed by atoms with Gasteiger partial charge in [0.2, 0.25) is 5.91 Å². The number of H-pyrrole nitrogens is 1. The number of carbonyl (C=O) groups is 2. The van der Waals surface area contributed by atoms with Gasteiger partial charge in [-0.3, -0.25) is 19.7 Å². The molecular weight excluding hydrogens is 468 g/mol. The SMILES string of the molecule is COc1ccc(CN2[C@@H](C(=O)NCc3ccc(C(=O)NO)cc3)Cc3c([nH]c4ccccc34)[C@@H]2C)cc1. The van der Waals surface area contributed by atoms with Crippen LogP contribution in [-0.4, -0.2) is 40.1 Å². The van der Waals surface area contributed by atoms with Gasteiger partial charge in [0.15, 0.2) is 0 Å². The number of aromatic amines is 1. The molecule has 0 bridgehead atoms. The van der Waals surface area contributed by atoms with Gasteiger partial charge in [-0.05, 0) is 60.4 Å². The van der Waals surface area contributed by atoms with Crippen LogP contribution in [0.1, 0.15) is 45.7 Å². The highest BCUT2D eigenvalue weighted by Gasteiger charge is 2.38. The summed E-state index contributed by atoms with van der Waals surface area (Å²) in [5.74, 6) is 0.175. The predicted molar refractivity (Wildman–Crippen MR) is 140 cm³/mol. The molecular formula is C29H30N4O4. The molecule has 2 amide bonds. The van der Waals surface area contributed by atoms with Gasteiger partial charge in [-0.25, -0.2) is 5.48 Å². The molecule has 1 aromatic heterocycles. The van der Waals surface area contributed by atoms with Crippen molar-refractivity contribution in [2.24, 2.45) is 0 Å². The summed E-state index contributed by atoms with van der Waals surface area (Å²) in [7, 11) is 1.65. The second-order valence-corrected chi connectivity index (χ2v) is 9.33. The third-order valence-electron chi connectivity index (χ3n) is 7.17. The highest BCUT2D eigenvalue weighted by Crippen LogP contribution is 2.38.